The lowest BCUT2D eigenvalue weighted by molar-refractivity contribution is -0.153. The zero-order valence-corrected chi connectivity index (χ0v) is 37.2. The molecule has 2 aliphatic rings. The van der Waals surface area contributed by atoms with E-state index in [0.29, 0.717) is 72.9 Å². The zero-order valence-electron chi connectivity index (χ0n) is 32.7. The number of ketones is 2. The Hall–Kier alpha value is -4.13. The number of carbonyl (C=O) groups is 4. The largest absolute Gasteiger partial charge is 0.465 e. The molecular weight excluding hydrogens is 893 g/mol. The zero-order chi connectivity index (χ0) is 43.5. The van der Waals surface area contributed by atoms with E-state index < -0.39 is 17.8 Å². The predicted octanol–water partition coefficient (Wildman–Crippen LogP) is 11.8. The van der Waals surface area contributed by atoms with Crippen LogP contribution in [0.3, 0.4) is 0 Å². The van der Waals surface area contributed by atoms with Gasteiger partial charge in [0, 0.05) is 36.8 Å². The number of hydrazine groups is 1. The van der Waals surface area contributed by atoms with Gasteiger partial charge in [-0.25, -0.2) is 4.68 Å². The second-order valence-electron chi connectivity index (χ2n) is 13.8. The van der Waals surface area contributed by atoms with Gasteiger partial charge in [0.05, 0.1) is 51.9 Å². The van der Waals surface area contributed by atoms with Crippen molar-refractivity contribution in [3.8, 4) is 16.9 Å². The minimum atomic E-state index is -0.806. The van der Waals surface area contributed by atoms with Gasteiger partial charge in [-0.3, -0.25) is 25.0 Å². The average molecular weight is 936 g/mol. The van der Waals surface area contributed by atoms with Gasteiger partial charge in [0.1, 0.15) is 11.8 Å². The number of ether oxygens (including phenoxy) is 2. The molecule has 3 N–H and O–H groups in total. The summed E-state index contributed by atoms with van der Waals surface area (Å²) in [6.07, 6.45) is 4.04. The Morgan fingerprint density at radius 1 is 0.700 bits per heavy atom. The summed E-state index contributed by atoms with van der Waals surface area (Å²) < 4.78 is 12.0. The Kier molecular flexibility index (Phi) is 17.3. The van der Waals surface area contributed by atoms with Crippen molar-refractivity contribution in [2.75, 3.05) is 18.6 Å². The Balaban J connectivity index is 0.000000192. The fourth-order valence-electron chi connectivity index (χ4n) is 7.03. The predicted molar refractivity (Wildman–Crippen MR) is 239 cm³/mol. The average Bonchev–Trinajstić information content (AvgIpc) is 3.61. The summed E-state index contributed by atoms with van der Waals surface area (Å²) in [5.74, 6) is 1.87. The summed E-state index contributed by atoms with van der Waals surface area (Å²) >= 11 is 35.8. The van der Waals surface area contributed by atoms with Crippen LogP contribution in [0.15, 0.2) is 84.9 Å². The highest BCUT2D eigenvalue weighted by Gasteiger charge is 2.40. The molecule has 0 spiro atoms. The molecule has 16 heteroatoms. The Morgan fingerprint density at radius 2 is 1.23 bits per heavy atom. The molecule has 2 aliphatic carbocycles. The standard InChI is InChI=1S/C22H19Cl3N2O2.C16H17ClO4.C6H6Cl2N2/c1-2-29-22(28)17-5-3-4-16-20(17)26-27(19-11-10-15(24)12-18(19)25)21(16)13-6-8-14(23)9-7-13;1-2-21-16(20)13-5-3-4-12(15(13)19)14(18)10-6-8-11(17)9-7-10;7-4-1-2-6(10-9)5(8)3-4/h6-12,17H,2-5H2,1H3;6-9,12-13H,2-5H2,1H3;1-3,10H,9H2. The van der Waals surface area contributed by atoms with Gasteiger partial charge >= 0.3 is 11.9 Å². The summed E-state index contributed by atoms with van der Waals surface area (Å²) in [4.78, 5) is 49.2. The lowest BCUT2D eigenvalue weighted by atomic mass is 9.77. The lowest BCUT2D eigenvalue weighted by Gasteiger charge is -2.25. The van der Waals surface area contributed by atoms with Crippen molar-refractivity contribution < 1.29 is 28.7 Å². The summed E-state index contributed by atoms with van der Waals surface area (Å²) in [5, 5.41) is 8.20. The Bertz CT molecular complexity index is 2320. The number of halogens is 6. The summed E-state index contributed by atoms with van der Waals surface area (Å²) in [6, 6.07) is 24.4. The number of rotatable bonds is 9. The Morgan fingerprint density at radius 3 is 1.82 bits per heavy atom. The molecule has 10 nitrogen and oxygen atoms in total. The van der Waals surface area contributed by atoms with E-state index in [1.54, 1.807) is 61.5 Å². The summed E-state index contributed by atoms with van der Waals surface area (Å²) in [7, 11) is 0. The second kappa shape index (κ2) is 22.1. The number of anilines is 1. The summed E-state index contributed by atoms with van der Waals surface area (Å²) in [5.41, 5.74) is 7.93. The first-order valence-electron chi connectivity index (χ1n) is 19.2. The van der Waals surface area contributed by atoms with Crippen molar-refractivity contribution in [2.24, 2.45) is 17.7 Å². The van der Waals surface area contributed by atoms with E-state index in [-0.39, 0.29) is 30.1 Å². The molecule has 7 rings (SSSR count). The molecule has 0 amide bonds. The third-order valence-corrected chi connectivity index (χ3v) is 11.5. The summed E-state index contributed by atoms with van der Waals surface area (Å²) in [6.45, 7) is 4.09. The minimum Gasteiger partial charge on any atom is -0.465 e. The van der Waals surface area contributed by atoms with Gasteiger partial charge in [-0.1, -0.05) is 88.2 Å². The number of benzene rings is 4. The van der Waals surface area contributed by atoms with E-state index >= 15 is 0 Å². The van der Waals surface area contributed by atoms with E-state index in [1.807, 2.05) is 41.9 Å². The molecule has 1 aromatic heterocycles. The van der Waals surface area contributed by atoms with E-state index in [9.17, 15) is 19.2 Å². The molecule has 0 radical (unpaired) electrons. The number of esters is 2. The van der Waals surface area contributed by atoms with E-state index in [1.165, 1.54) is 0 Å². The maximum atomic E-state index is 12.6. The maximum absolute atomic E-state index is 12.6. The number of hydrogen-bond acceptors (Lipinski definition) is 9. The highest BCUT2D eigenvalue weighted by atomic mass is 35.5. The van der Waals surface area contributed by atoms with Gasteiger partial charge in [-0.15, -0.1) is 0 Å². The number of hydrogen-bond donors (Lipinski definition) is 2. The van der Waals surface area contributed by atoms with Crippen LogP contribution in [0.1, 0.15) is 73.5 Å². The van der Waals surface area contributed by atoms with Gasteiger partial charge in [0.2, 0.25) is 0 Å². The fraction of sp³-hybridized carbons (Fsp3) is 0.295. The first-order valence-corrected chi connectivity index (χ1v) is 21.5. The van der Waals surface area contributed by atoms with Crippen molar-refractivity contribution in [3.05, 3.63) is 132 Å². The molecule has 0 aliphatic heterocycles. The van der Waals surface area contributed by atoms with E-state index in [2.05, 4.69) is 5.43 Å². The molecule has 316 valence electrons. The van der Waals surface area contributed by atoms with Crippen LogP contribution in [0.5, 0.6) is 0 Å². The second-order valence-corrected chi connectivity index (χ2v) is 16.3. The van der Waals surface area contributed by atoms with Crippen LogP contribution in [0.4, 0.5) is 5.69 Å². The van der Waals surface area contributed by atoms with Gasteiger partial charge in [0.15, 0.2) is 11.6 Å². The van der Waals surface area contributed by atoms with E-state index in [0.717, 1.165) is 41.8 Å². The molecular formula is C44H42Cl6N4O6. The molecule has 3 atom stereocenters. The first-order chi connectivity index (χ1) is 28.8. The normalized spacial score (nSPS) is 16.9. The third-order valence-electron chi connectivity index (χ3n) is 9.87. The molecule has 5 aromatic rings. The minimum absolute atomic E-state index is 0.233. The Labute approximate surface area is 378 Å². The van der Waals surface area contributed by atoms with Crippen LogP contribution in [0, 0.1) is 11.8 Å². The number of nitrogens with two attached hydrogens (primary N) is 1. The maximum Gasteiger partial charge on any atom is 0.316 e. The molecule has 0 bridgehead atoms. The monoisotopic (exact) mass is 932 g/mol. The number of fused-ring (bicyclic) bond motifs is 1. The van der Waals surface area contributed by atoms with Gasteiger partial charge in [-0.2, -0.15) is 5.10 Å². The smallest absolute Gasteiger partial charge is 0.316 e. The number of carbonyl (C=O) groups excluding carboxylic acids is 4. The van der Waals surface area contributed by atoms with E-state index in [4.69, 9.17) is 90.0 Å². The molecule has 1 saturated carbocycles. The molecule has 0 saturated heterocycles. The fourth-order valence-corrected chi connectivity index (χ4v) is 8.23. The third kappa shape index (κ3) is 11.6. The van der Waals surface area contributed by atoms with Crippen molar-refractivity contribution in [1.29, 1.82) is 0 Å². The van der Waals surface area contributed by atoms with Gasteiger partial charge in [-0.05, 0) is 119 Å². The van der Waals surface area contributed by atoms with Crippen molar-refractivity contribution >= 4 is 98.8 Å². The quantitative estimate of drug-likeness (QED) is 0.0485. The molecule has 1 fully saturated rings. The first kappa shape index (κ1) is 46.9. The van der Waals surface area contributed by atoms with Crippen LogP contribution >= 0.6 is 69.6 Å². The van der Waals surface area contributed by atoms with Crippen molar-refractivity contribution in [2.45, 2.75) is 58.3 Å². The number of nitrogens with one attached hydrogen (secondary N) is 1. The highest BCUT2D eigenvalue weighted by Crippen LogP contribution is 2.41. The number of nitrogen functional groups attached to an aromatic ring is 1. The highest BCUT2D eigenvalue weighted by molar-refractivity contribution is 6.36. The lowest BCUT2D eigenvalue weighted by Crippen LogP contribution is -2.38. The van der Waals surface area contributed by atoms with Crippen LogP contribution in [0.2, 0.25) is 30.1 Å². The SMILES string of the molecule is CCOC(=O)C1CCCC(C(=O)c2ccc(Cl)cc2)C1=O.CCOC(=O)C1CCCc2c1nn(-c1ccc(Cl)cc1Cl)c2-c1ccc(Cl)cc1.NNc1ccc(Cl)cc1Cl. The molecule has 1 heterocycles. The van der Waals surface area contributed by atoms with Crippen LogP contribution in [-0.2, 0) is 30.3 Å². The van der Waals surface area contributed by atoms with Crippen LogP contribution in [-0.4, -0.2) is 46.5 Å². The number of Topliss-reactive ketones (excluding diaryl/α,β-unsaturated/α-hetero) is 2. The van der Waals surface area contributed by atoms with Crippen LogP contribution < -0.4 is 11.3 Å². The van der Waals surface area contributed by atoms with Crippen molar-refractivity contribution in [3.63, 3.8) is 0 Å². The van der Waals surface area contributed by atoms with Gasteiger partial charge < -0.3 is 14.9 Å². The van der Waals surface area contributed by atoms with Crippen LogP contribution in [0.25, 0.3) is 16.9 Å². The molecule has 60 heavy (non-hydrogen) atoms. The van der Waals surface area contributed by atoms with Crippen molar-refractivity contribution in [1.82, 2.24) is 9.78 Å². The topological polar surface area (TPSA) is 143 Å². The molecule has 4 aromatic carbocycles. The number of aromatic nitrogens is 2. The number of nitrogens with zero attached hydrogens (tertiary/aromatic N) is 2. The van der Waals surface area contributed by atoms with Gasteiger partial charge in [0.25, 0.3) is 0 Å². The molecule has 3 unspecified atom stereocenters.